The van der Waals surface area contributed by atoms with Crippen molar-refractivity contribution in [1.82, 2.24) is 4.90 Å². The van der Waals surface area contributed by atoms with Crippen LogP contribution < -0.4 is 5.73 Å². The van der Waals surface area contributed by atoms with Gasteiger partial charge in [0.15, 0.2) is 0 Å². The first-order chi connectivity index (χ1) is 6.70. The van der Waals surface area contributed by atoms with E-state index in [9.17, 15) is 4.79 Å². The standard InChI is InChI=1S/C10H20N2O2/c1-2-4-9(11)10(14)12-6-3-5-8(12)7-13/h8-9,13H,2-7,11H2,1H3/t8-,9-/m0/s1. The second kappa shape index (κ2) is 5.32. The third-order valence-corrected chi connectivity index (χ3v) is 2.79. The minimum atomic E-state index is -0.382. The zero-order valence-electron chi connectivity index (χ0n) is 8.78. The summed E-state index contributed by atoms with van der Waals surface area (Å²) >= 11 is 0. The van der Waals surface area contributed by atoms with Crippen molar-refractivity contribution in [2.75, 3.05) is 13.2 Å². The fourth-order valence-electron chi connectivity index (χ4n) is 1.96. The van der Waals surface area contributed by atoms with Crippen LogP contribution in [0.25, 0.3) is 0 Å². The molecular formula is C10H20N2O2. The summed E-state index contributed by atoms with van der Waals surface area (Å²) in [4.78, 5) is 13.5. The molecule has 0 bridgehead atoms. The molecule has 0 saturated carbocycles. The second-order valence-electron chi connectivity index (χ2n) is 3.91. The molecule has 3 N–H and O–H groups in total. The Balaban J connectivity index is 2.50. The monoisotopic (exact) mass is 200 g/mol. The molecule has 0 aromatic carbocycles. The summed E-state index contributed by atoms with van der Waals surface area (Å²) in [5.41, 5.74) is 5.75. The fourth-order valence-corrected chi connectivity index (χ4v) is 1.96. The van der Waals surface area contributed by atoms with Crippen molar-refractivity contribution in [1.29, 1.82) is 0 Å². The third kappa shape index (κ3) is 2.45. The Labute approximate surface area is 85.1 Å². The molecule has 1 saturated heterocycles. The lowest BCUT2D eigenvalue weighted by molar-refractivity contribution is -0.134. The normalized spacial score (nSPS) is 23.9. The number of hydrogen-bond acceptors (Lipinski definition) is 3. The summed E-state index contributed by atoms with van der Waals surface area (Å²) in [6.45, 7) is 2.83. The highest BCUT2D eigenvalue weighted by Crippen LogP contribution is 2.18. The molecule has 0 aromatic rings. The Hall–Kier alpha value is -0.610. The minimum absolute atomic E-state index is 0.00315. The molecule has 0 aliphatic carbocycles. The van der Waals surface area contributed by atoms with Gasteiger partial charge < -0.3 is 15.7 Å². The summed E-state index contributed by atoms with van der Waals surface area (Å²) in [6, 6.07) is -0.377. The number of nitrogens with two attached hydrogens (primary N) is 1. The van der Waals surface area contributed by atoms with Crippen LogP contribution in [0.2, 0.25) is 0 Å². The van der Waals surface area contributed by atoms with Crippen LogP contribution in [0.4, 0.5) is 0 Å². The van der Waals surface area contributed by atoms with Crippen molar-refractivity contribution in [2.24, 2.45) is 5.73 Å². The lowest BCUT2D eigenvalue weighted by Crippen LogP contribution is -2.46. The van der Waals surface area contributed by atoms with Crippen LogP contribution in [0.5, 0.6) is 0 Å². The highest BCUT2D eigenvalue weighted by Gasteiger charge is 2.30. The van der Waals surface area contributed by atoms with E-state index in [1.807, 2.05) is 6.92 Å². The van der Waals surface area contributed by atoms with Crippen molar-refractivity contribution in [3.05, 3.63) is 0 Å². The Bertz CT molecular complexity index is 197. The average molecular weight is 200 g/mol. The summed E-state index contributed by atoms with van der Waals surface area (Å²) in [5, 5.41) is 9.06. The number of amides is 1. The van der Waals surface area contributed by atoms with E-state index < -0.39 is 0 Å². The SMILES string of the molecule is CCC[C@H](N)C(=O)N1CCC[C@H]1CO. The lowest BCUT2D eigenvalue weighted by atomic mass is 10.1. The molecule has 0 radical (unpaired) electrons. The largest absolute Gasteiger partial charge is 0.394 e. The van der Waals surface area contributed by atoms with E-state index >= 15 is 0 Å². The van der Waals surface area contributed by atoms with E-state index in [1.54, 1.807) is 4.90 Å². The molecule has 82 valence electrons. The summed E-state index contributed by atoms with van der Waals surface area (Å²) < 4.78 is 0. The predicted molar refractivity (Wildman–Crippen MR) is 54.7 cm³/mol. The van der Waals surface area contributed by atoms with Crippen molar-refractivity contribution < 1.29 is 9.90 Å². The van der Waals surface area contributed by atoms with E-state index in [2.05, 4.69) is 0 Å². The van der Waals surface area contributed by atoms with Gasteiger partial charge in [0, 0.05) is 6.54 Å². The first kappa shape index (κ1) is 11.5. The number of rotatable bonds is 4. The number of carbonyl (C=O) groups excluding carboxylic acids is 1. The molecule has 4 heteroatoms. The first-order valence-electron chi connectivity index (χ1n) is 5.37. The van der Waals surface area contributed by atoms with Gasteiger partial charge in [-0.2, -0.15) is 0 Å². The van der Waals surface area contributed by atoms with Crippen molar-refractivity contribution in [2.45, 2.75) is 44.7 Å². The van der Waals surface area contributed by atoms with Gasteiger partial charge >= 0.3 is 0 Å². The molecule has 0 aromatic heterocycles. The van der Waals surface area contributed by atoms with Gasteiger partial charge in [-0.15, -0.1) is 0 Å². The van der Waals surface area contributed by atoms with E-state index in [4.69, 9.17) is 10.8 Å². The summed E-state index contributed by atoms with van der Waals surface area (Å²) in [7, 11) is 0. The second-order valence-corrected chi connectivity index (χ2v) is 3.91. The Kier molecular flexibility index (Phi) is 4.35. The Morgan fingerprint density at radius 1 is 1.71 bits per heavy atom. The third-order valence-electron chi connectivity index (χ3n) is 2.79. The zero-order valence-corrected chi connectivity index (χ0v) is 8.78. The highest BCUT2D eigenvalue weighted by atomic mass is 16.3. The van der Waals surface area contributed by atoms with Crippen LogP contribution >= 0.6 is 0 Å². The van der Waals surface area contributed by atoms with Gasteiger partial charge in [0.1, 0.15) is 0 Å². The van der Waals surface area contributed by atoms with Gasteiger partial charge in [0.25, 0.3) is 0 Å². The fraction of sp³-hybridized carbons (Fsp3) is 0.900. The molecule has 2 atom stereocenters. The highest BCUT2D eigenvalue weighted by molar-refractivity contribution is 5.82. The molecule has 1 aliphatic heterocycles. The molecular weight excluding hydrogens is 180 g/mol. The van der Waals surface area contributed by atoms with Crippen LogP contribution in [0.3, 0.4) is 0 Å². The Morgan fingerprint density at radius 2 is 2.43 bits per heavy atom. The van der Waals surface area contributed by atoms with E-state index in [0.29, 0.717) is 0 Å². The van der Waals surface area contributed by atoms with Crippen molar-refractivity contribution >= 4 is 5.91 Å². The van der Waals surface area contributed by atoms with E-state index in [-0.39, 0.29) is 24.6 Å². The molecule has 0 unspecified atom stereocenters. The maximum atomic E-state index is 11.8. The van der Waals surface area contributed by atoms with Crippen LogP contribution in [-0.4, -0.2) is 41.1 Å². The smallest absolute Gasteiger partial charge is 0.239 e. The molecule has 1 fully saturated rings. The van der Waals surface area contributed by atoms with E-state index in [0.717, 1.165) is 32.2 Å². The van der Waals surface area contributed by atoms with Crippen molar-refractivity contribution in [3.63, 3.8) is 0 Å². The number of aliphatic hydroxyl groups is 1. The van der Waals surface area contributed by atoms with Gasteiger partial charge in [-0.25, -0.2) is 0 Å². The summed E-state index contributed by atoms with van der Waals surface area (Å²) in [6.07, 6.45) is 3.54. The van der Waals surface area contributed by atoms with Gasteiger partial charge in [0.05, 0.1) is 18.7 Å². The lowest BCUT2D eigenvalue weighted by Gasteiger charge is -2.25. The predicted octanol–water partition coefficient (Wildman–Crippen LogP) is 0.0971. The van der Waals surface area contributed by atoms with Gasteiger partial charge in [0.2, 0.25) is 5.91 Å². The van der Waals surface area contributed by atoms with Crippen LogP contribution in [0, 0.1) is 0 Å². The number of nitrogens with zero attached hydrogens (tertiary/aromatic N) is 1. The van der Waals surface area contributed by atoms with Gasteiger partial charge in [-0.3, -0.25) is 4.79 Å². The number of carbonyl (C=O) groups is 1. The molecule has 1 aliphatic rings. The number of likely N-dealkylation sites (tertiary alicyclic amines) is 1. The topological polar surface area (TPSA) is 66.6 Å². The molecule has 1 amide bonds. The first-order valence-corrected chi connectivity index (χ1v) is 5.37. The molecule has 4 nitrogen and oxygen atoms in total. The zero-order chi connectivity index (χ0) is 10.6. The Morgan fingerprint density at radius 3 is 3.00 bits per heavy atom. The maximum absolute atomic E-state index is 11.8. The average Bonchev–Trinajstić information content (AvgIpc) is 2.64. The quantitative estimate of drug-likeness (QED) is 0.676. The van der Waals surface area contributed by atoms with E-state index in [1.165, 1.54) is 0 Å². The molecule has 0 spiro atoms. The van der Waals surface area contributed by atoms with Gasteiger partial charge in [-0.05, 0) is 19.3 Å². The molecule has 1 heterocycles. The minimum Gasteiger partial charge on any atom is -0.394 e. The molecule has 1 rings (SSSR count). The number of hydrogen-bond donors (Lipinski definition) is 2. The van der Waals surface area contributed by atoms with Crippen LogP contribution in [0.15, 0.2) is 0 Å². The summed E-state index contributed by atoms with van der Waals surface area (Å²) in [5.74, 6) is 0.00315. The van der Waals surface area contributed by atoms with Crippen LogP contribution in [0.1, 0.15) is 32.6 Å². The maximum Gasteiger partial charge on any atom is 0.239 e. The van der Waals surface area contributed by atoms with Crippen LogP contribution in [-0.2, 0) is 4.79 Å². The van der Waals surface area contributed by atoms with Crippen molar-refractivity contribution in [3.8, 4) is 0 Å². The molecule has 14 heavy (non-hydrogen) atoms. The van der Waals surface area contributed by atoms with Gasteiger partial charge in [-0.1, -0.05) is 13.3 Å². The number of aliphatic hydroxyl groups excluding tert-OH is 1.